The Morgan fingerprint density at radius 3 is 2.70 bits per heavy atom. The van der Waals surface area contributed by atoms with E-state index in [1.165, 1.54) is 11.8 Å². The molecule has 1 aromatic heterocycles. The van der Waals surface area contributed by atoms with Crippen molar-refractivity contribution in [2.75, 3.05) is 0 Å². The summed E-state index contributed by atoms with van der Waals surface area (Å²) < 4.78 is 1.82. The van der Waals surface area contributed by atoms with E-state index in [4.69, 9.17) is 11.6 Å². The summed E-state index contributed by atoms with van der Waals surface area (Å²) in [6.45, 7) is 1.87. The lowest BCUT2D eigenvalue weighted by molar-refractivity contribution is 0.0994. The van der Waals surface area contributed by atoms with Crippen LogP contribution in [0.25, 0.3) is 5.69 Å². The van der Waals surface area contributed by atoms with E-state index in [-0.39, 0.29) is 11.0 Å². The fourth-order valence-corrected chi connectivity index (χ4v) is 3.26. The second-order valence-electron chi connectivity index (χ2n) is 4.95. The lowest BCUT2D eigenvalue weighted by atomic mass is 10.1. The van der Waals surface area contributed by atoms with Gasteiger partial charge in [0.25, 0.3) is 0 Å². The average molecular weight is 344 g/mol. The Bertz CT molecular complexity index is 819. The Hall–Kier alpha value is -2.11. The molecule has 0 radical (unpaired) electrons. The third-order valence-corrected chi connectivity index (χ3v) is 4.60. The molecule has 23 heavy (non-hydrogen) atoms. The Kier molecular flexibility index (Phi) is 4.79. The van der Waals surface area contributed by atoms with Crippen LogP contribution in [0.2, 0.25) is 5.02 Å². The number of ketones is 1. The van der Waals surface area contributed by atoms with Crippen molar-refractivity contribution in [1.29, 1.82) is 0 Å². The van der Waals surface area contributed by atoms with E-state index in [2.05, 4.69) is 10.2 Å². The Morgan fingerprint density at radius 1 is 1.17 bits per heavy atom. The predicted molar refractivity (Wildman–Crippen MR) is 92.5 cm³/mol. The number of carbonyl (C=O) groups is 1. The maximum atomic E-state index is 12.5. The minimum absolute atomic E-state index is 0.0660. The van der Waals surface area contributed by atoms with Gasteiger partial charge in [-0.05, 0) is 25.1 Å². The molecule has 0 saturated carbocycles. The molecule has 0 aliphatic heterocycles. The maximum Gasteiger partial charge on any atom is 0.196 e. The van der Waals surface area contributed by atoms with Crippen LogP contribution in [0, 0.1) is 0 Å². The molecule has 0 N–H and O–H groups in total. The highest BCUT2D eigenvalue weighted by molar-refractivity contribution is 8.00. The standard InChI is InChI=1S/C17H14ClN3OS/c1-12(16(22)13-6-3-2-4-7-13)23-17-20-19-11-21(17)15-9-5-8-14(18)10-15/h2-12H,1H3. The minimum atomic E-state index is -0.264. The summed E-state index contributed by atoms with van der Waals surface area (Å²) in [5.74, 6) is 0.0660. The quantitative estimate of drug-likeness (QED) is 0.512. The number of hydrogen-bond donors (Lipinski definition) is 0. The molecule has 4 nitrogen and oxygen atoms in total. The van der Waals surface area contributed by atoms with Crippen LogP contribution in [0.5, 0.6) is 0 Å². The first-order valence-corrected chi connectivity index (χ1v) is 8.33. The van der Waals surface area contributed by atoms with E-state index in [0.717, 1.165) is 5.69 Å². The first-order valence-electron chi connectivity index (χ1n) is 7.07. The smallest absolute Gasteiger partial charge is 0.196 e. The number of aromatic nitrogens is 3. The van der Waals surface area contributed by atoms with Gasteiger partial charge in [0.2, 0.25) is 0 Å². The molecule has 2 aromatic carbocycles. The van der Waals surface area contributed by atoms with Gasteiger partial charge in [0.15, 0.2) is 10.9 Å². The lowest BCUT2D eigenvalue weighted by Gasteiger charge is -2.11. The largest absolute Gasteiger partial charge is 0.293 e. The Balaban J connectivity index is 1.82. The highest BCUT2D eigenvalue weighted by Crippen LogP contribution is 2.26. The zero-order valence-corrected chi connectivity index (χ0v) is 14.0. The summed E-state index contributed by atoms with van der Waals surface area (Å²) in [4.78, 5) is 12.5. The van der Waals surface area contributed by atoms with Crippen molar-refractivity contribution < 1.29 is 4.79 Å². The summed E-state index contributed by atoms with van der Waals surface area (Å²) in [5.41, 5.74) is 1.56. The van der Waals surface area contributed by atoms with Crippen LogP contribution in [-0.2, 0) is 0 Å². The van der Waals surface area contributed by atoms with Crippen LogP contribution in [0.15, 0.2) is 66.1 Å². The van der Waals surface area contributed by atoms with E-state index in [0.29, 0.717) is 15.7 Å². The molecule has 3 aromatic rings. The summed E-state index contributed by atoms with van der Waals surface area (Å²) in [6, 6.07) is 16.7. The molecular formula is C17H14ClN3OS. The van der Waals surface area contributed by atoms with Crippen LogP contribution in [0.4, 0.5) is 0 Å². The van der Waals surface area contributed by atoms with Crippen LogP contribution < -0.4 is 0 Å². The number of halogens is 1. The minimum Gasteiger partial charge on any atom is -0.293 e. The fourth-order valence-electron chi connectivity index (χ4n) is 2.16. The van der Waals surface area contributed by atoms with Crippen molar-refractivity contribution >= 4 is 29.1 Å². The van der Waals surface area contributed by atoms with Crippen molar-refractivity contribution in [3.05, 3.63) is 71.5 Å². The van der Waals surface area contributed by atoms with Crippen LogP contribution in [0.3, 0.4) is 0 Å². The van der Waals surface area contributed by atoms with E-state index in [9.17, 15) is 4.79 Å². The molecule has 116 valence electrons. The van der Waals surface area contributed by atoms with Crippen LogP contribution in [0.1, 0.15) is 17.3 Å². The van der Waals surface area contributed by atoms with E-state index >= 15 is 0 Å². The molecule has 0 saturated heterocycles. The van der Waals surface area contributed by atoms with Gasteiger partial charge in [-0.25, -0.2) is 0 Å². The molecular weight excluding hydrogens is 330 g/mol. The van der Waals surface area contributed by atoms with Crippen molar-refractivity contribution in [3.8, 4) is 5.69 Å². The van der Waals surface area contributed by atoms with Crippen molar-refractivity contribution in [2.45, 2.75) is 17.3 Å². The van der Waals surface area contributed by atoms with Gasteiger partial charge in [-0.1, -0.05) is 59.8 Å². The maximum absolute atomic E-state index is 12.5. The molecule has 6 heteroatoms. The third kappa shape index (κ3) is 3.63. The summed E-state index contributed by atoms with van der Waals surface area (Å²) >= 11 is 7.41. The molecule has 1 unspecified atom stereocenters. The normalized spacial score (nSPS) is 12.1. The number of benzene rings is 2. The van der Waals surface area contributed by atoms with Gasteiger partial charge in [0.05, 0.1) is 10.9 Å². The van der Waals surface area contributed by atoms with Crippen LogP contribution >= 0.6 is 23.4 Å². The molecule has 0 amide bonds. The number of carbonyl (C=O) groups excluding carboxylic acids is 1. The average Bonchev–Trinajstić information content (AvgIpc) is 3.03. The molecule has 3 rings (SSSR count). The molecule has 0 bridgehead atoms. The molecule has 0 aliphatic rings. The summed E-state index contributed by atoms with van der Waals surface area (Å²) in [5, 5.41) is 9.10. The second kappa shape index (κ2) is 6.98. The summed E-state index contributed by atoms with van der Waals surface area (Å²) in [7, 11) is 0. The van der Waals surface area contributed by atoms with Gasteiger partial charge >= 0.3 is 0 Å². The molecule has 0 fully saturated rings. The van der Waals surface area contributed by atoms with Gasteiger partial charge in [-0.15, -0.1) is 10.2 Å². The molecule has 1 heterocycles. The Morgan fingerprint density at radius 2 is 1.96 bits per heavy atom. The van der Waals surface area contributed by atoms with E-state index < -0.39 is 0 Å². The number of rotatable bonds is 5. The van der Waals surface area contributed by atoms with Crippen molar-refractivity contribution in [1.82, 2.24) is 14.8 Å². The third-order valence-electron chi connectivity index (χ3n) is 3.31. The fraction of sp³-hybridized carbons (Fsp3) is 0.118. The molecule has 0 aliphatic carbocycles. The monoisotopic (exact) mass is 343 g/mol. The predicted octanol–water partition coefficient (Wildman–Crippen LogP) is 4.28. The number of nitrogens with zero attached hydrogens (tertiary/aromatic N) is 3. The Labute approximate surface area is 143 Å². The van der Waals surface area contributed by atoms with Gasteiger partial charge < -0.3 is 0 Å². The molecule has 1 atom stereocenters. The SMILES string of the molecule is CC(Sc1nncn1-c1cccc(Cl)c1)C(=O)c1ccccc1. The summed E-state index contributed by atoms with van der Waals surface area (Å²) in [6.07, 6.45) is 1.62. The van der Waals surface area contributed by atoms with Gasteiger partial charge in [-0.2, -0.15) is 0 Å². The van der Waals surface area contributed by atoms with Crippen LogP contribution in [-0.4, -0.2) is 25.8 Å². The number of hydrogen-bond acceptors (Lipinski definition) is 4. The highest BCUT2D eigenvalue weighted by Gasteiger charge is 2.19. The first kappa shape index (κ1) is 15.8. The first-order chi connectivity index (χ1) is 11.1. The zero-order chi connectivity index (χ0) is 16.2. The van der Waals surface area contributed by atoms with Crippen molar-refractivity contribution in [2.24, 2.45) is 0 Å². The highest BCUT2D eigenvalue weighted by atomic mass is 35.5. The van der Waals surface area contributed by atoms with E-state index in [1.54, 1.807) is 6.33 Å². The topological polar surface area (TPSA) is 47.8 Å². The van der Waals surface area contributed by atoms with Crippen molar-refractivity contribution in [3.63, 3.8) is 0 Å². The van der Waals surface area contributed by atoms with Gasteiger partial charge in [-0.3, -0.25) is 9.36 Å². The number of Topliss-reactive ketones (excluding diaryl/α,β-unsaturated/α-hetero) is 1. The van der Waals surface area contributed by atoms with E-state index in [1.807, 2.05) is 66.1 Å². The van der Waals surface area contributed by atoms with Gasteiger partial charge in [0.1, 0.15) is 6.33 Å². The van der Waals surface area contributed by atoms with Gasteiger partial charge in [0, 0.05) is 10.6 Å². The second-order valence-corrected chi connectivity index (χ2v) is 6.70. The molecule has 0 spiro atoms. The lowest BCUT2D eigenvalue weighted by Crippen LogP contribution is -2.14. The zero-order valence-electron chi connectivity index (χ0n) is 12.4. The number of thioether (sulfide) groups is 1.